The summed E-state index contributed by atoms with van der Waals surface area (Å²) in [5, 5.41) is 4.90. The standard InChI is InChI=1S/C12H16N2O4/c1-17-11(15)9-14-12(16)13-7-8-18-10-5-3-2-4-6-10/h2-6H,7-9H2,1H3,(H2,13,14,16). The molecule has 0 radical (unpaired) electrons. The first-order valence-electron chi connectivity index (χ1n) is 5.48. The summed E-state index contributed by atoms with van der Waals surface area (Å²) in [6, 6.07) is 8.86. The zero-order chi connectivity index (χ0) is 13.2. The molecule has 0 heterocycles. The molecule has 0 saturated carbocycles. The van der Waals surface area contributed by atoms with Crippen LogP contribution in [0.2, 0.25) is 0 Å². The number of para-hydroxylation sites is 1. The monoisotopic (exact) mass is 252 g/mol. The summed E-state index contributed by atoms with van der Waals surface area (Å²) in [5.41, 5.74) is 0. The van der Waals surface area contributed by atoms with Crippen molar-refractivity contribution in [3.63, 3.8) is 0 Å². The van der Waals surface area contributed by atoms with Crippen LogP contribution in [0.25, 0.3) is 0 Å². The minimum atomic E-state index is -0.495. The number of rotatable bonds is 6. The van der Waals surface area contributed by atoms with Gasteiger partial charge in [-0.15, -0.1) is 0 Å². The maximum atomic E-state index is 11.2. The molecular weight excluding hydrogens is 236 g/mol. The second kappa shape index (κ2) is 7.94. The fourth-order valence-corrected chi connectivity index (χ4v) is 1.14. The van der Waals surface area contributed by atoms with Crippen LogP contribution in [0.1, 0.15) is 0 Å². The van der Waals surface area contributed by atoms with Crippen LogP contribution in [0.3, 0.4) is 0 Å². The second-order valence-electron chi connectivity index (χ2n) is 3.35. The van der Waals surface area contributed by atoms with E-state index in [4.69, 9.17) is 4.74 Å². The smallest absolute Gasteiger partial charge is 0.325 e. The number of benzene rings is 1. The van der Waals surface area contributed by atoms with Gasteiger partial charge in [-0.2, -0.15) is 0 Å². The van der Waals surface area contributed by atoms with Crippen molar-refractivity contribution in [1.29, 1.82) is 0 Å². The minimum absolute atomic E-state index is 0.151. The number of amides is 2. The molecule has 0 aliphatic carbocycles. The lowest BCUT2D eigenvalue weighted by atomic mass is 10.3. The van der Waals surface area contributed by atoms with Crippen LogP contribution >= 0.6 is 0 Å². The molecule has 0 bridgehead atoms. The van der Waals surface area contributed by atoms with Gasteiger partial charge in [-0.05, 0) is 12.1 Å². The van der Waals surface area contributed by atoms with E-state index in [-0.39, 0.29) is 6.54 Å². The average Bonchev–Trinajstić information content (AvgIpc) is 2.42. The first kappa shape index (κ1) is 13.8. The number of esters is 1. The summed E-state index contributed by atoms with van der Waals surface area (Å²) in [5.74, 6) is 0.250. The fourth-order valence-electron chi connectivity index (χ4n) is 1.14. The molecule has 0 saturated heterocycles. The lowest BCUT2D eigenvalue weighted by molar-refractivity contribution is -0.139. The fraction of sp³-hybridized carbons (Fsp3) is 0.333. The van der Waals surface area contributed by atoms with Gasteiger partial charge in [0.2, 0.25) is 0 Å². The molecule has 0 spiro atoms. The highest BCUT2D eigenvalue weighted by Crippen LogP contribution is 2.07. The van der Waals surface area contributed by atoms with Crippen LogP contribution in [0.4, 0.5) is 4.79 Å². The van der Waals surface area contributed by atoms with Crippen LogP contribution in [-0.2, 0) is 9.53 Å². The third-order valence-corrected chi connectivity index (χ3v) is 2.02. The predicted molar refractivity (Wildman–Crippen MR) is 65.4 cm³/mol. The van der Waals surface area contributed by atoms with Crippen LogP contribution < -0.4 is 15.4 Å². The molecule has 2 N–H and O–H groups in total. The quantitative estimate of drug-likeness (QED) is 0.572. The number of urea groups is 1. The predicted octanol–water partition coefficient (Wildman–Crippen LogP) is 0.538. The Morgan fingerprint density at radius 3 is 2.56 bits per heavy atom. The molecule has 0 unspecified atom stereocenters. The van der Waals surface area contributed by atoms with Crippen molar-refractivity contribution in [2.75, 3.05) is 26.8 Å². The molecule has 0 aromatic heterocycles. The van der Waals surface area contributed by atoms with E-state index >= 15 is 0 Å². The van der Waals surface area contributed by atoms with Gasteiger partial charge in [0.1, 0.15) is 18.9 Å². The molecule has 0 fully saturated rings. The SMILES string of the molecule is COC(=O)CNC(=O)NCCOc1ccccc1. The zero-order valence-corrected chi connectivity index (χ0v) is 10.1. The number of hydrogen-bond acceptors (Lipinski definition) is 4. The van der Waals surface area contributed by atoms with Gasteiger partial charge in [-0.1, -0.05) is 18.2 Å². The van der Waals surface area contributed by atoms with E-state index in [0.29, 0.717) is 13.2 Å². The molecule has 1 aromatic rings. The highest BCUT2D eigenvalue weighted by molar-refractivity contribution is 5.80. The van der Waals surface area contributed by atoms with Crippen molar-refractivity contribution in [3.8, 4) is 5.75 Å². The molecule has 1 aromatic carbocycles. The number of ether oxygens (including phenoxy) is 2. The second-order valence-corrected chi connectivity index (χ2v) is 3.35. The van der Waals surface area contributed by atoms with Gasteiger partial charge in [0.15, 0.2) is 0 Å². The van der Waals surface area contributed by atoms with Crippen LogP contribution in [0.15, 0.2) is 30.3 Å². The number of carbonyl (C=O) groups excluding carboxylic acids is 2. The third-order valence-electron chi connectivity index (χ3n) is 2.02. The van der Waals surface area contributed by atoms with E-state index < -0.39 is 12.0 Å². The topological polar surface area (TPSA) is 76.7 Å². The van der Waals surface area contributed by atoms with E-state index in [1.54, 1.807) is 0 Å². The van der Waals surface area contributed by atoms with Gasteiger partial charge in [0.05, 0.1) is 13.7 Å². The van der Waals surface area contributed by atoms with Crippen molar-refractivity contribution in [3.05, 3.63) is 30.3 Å². The first-order chi connectivity index (χ1) is 8.72. The number of carbonyl (C=O) groups is 2. The lowest BCUT2D eigenvalue weighted by Crippen LogP contribution is -2.40. The Hall–Kier alpha value is -2.24. The molecule has 6 nitrogen and oxygen atoms in total. The van der Waals surface area contributed by atoms with E-state index in [1.807, 2.05) is 30.3 Å². The molecule has 2 amide bonds. The highest BCUT2D eigenvalue weighted by Gasteiger charge is 2.03. The van der Waals surface area contributed by atoms with E-state index in [9.17, 15) is 9.59 Å². The maximum absolute atomic E-state index is 11.2. The Kier molecular flexibility index (Phi) is 6.10. The molecule has 6 heteroatoms. The number of methoxy groups -OCH3 is 1. The van der Waals surface area contributed by atoms with Gasteiger partial charge in [0.25, 0.3) is 0 Å². The molecule has 18 heavy (non-hydrogen) atoms. The third kappa shape index (κ3) is 5.74. The Bertz CT molecular complexity index is 381. The summed E-state index contributed by atoms with van der Waals surface area (Å²) in [6.45, 7) is 0.555. The highest BCUT2D eigenvalue weighted by atomic mass is 16.5. The molecule has 98 valence electrons. The van der Waals surface area contributed by atoms with Gasteiger partial charge < -0.3 is 20.1 Å². The normalized spacial score (nSPS) is 9.39. The summed E-state index contributed by atoms with van der Waals surface area (Å²) in [7, 11) is 1.26. The van der Waals surface area contributed by atoms with E-state index in [2.05, 4.69) is 15.4 Å². The van der Waals surface area contributed by atoms with Gasteiger partial charge >= 0.3 is 12.0 Å². The van der Waals surface area contributed by atoms with Crippen LogP contribution in [0.5, 0.6) is 5.75 Å². The molecule has 1 rings (SSSR count). The number of hydrogen-bond donors (Lipinski definition) is 2. The Morgan fingerprint density at radius 1 is 1.17 bits per heavy atom. The van der Waals surface area contributed by atoms with Crippen LogP contribution in [-0.4, -0.2) is 38.8 Å². The van der Waals surface area contributed by atoms with Crippen molar-refractivity contribution in [1.82, 2.24) is 10.6 Å². The Morgan fingerprint density at radius 2 is 1.89 bits per heavy atom. The summed E-state index contributed by atoms with van der Waals surface area (Å²) < 4.78 is 9.75. The zero-order valence-electron chi connectivity index (χ0n) is 10.1. The summed E-state index contributed by atoms with van der Waals surface area (Å²) in [4.78, 5) is 21.9. The van der Waals surface area contributed by atoms with Gasteiger partial charge in [-0.25, -0.2) is 4.79 Å². The van der Waals surface area contributed by atoms with Gasteiger partial charge in [-0.3, -0.25) is 4.79 Å². The minimum Gasteiger partial charge on any atom is -0.492 e. The van der Waals surface area contributed by atoms with E-state index in [0.717, 1.165) is 5.75 Å². The van der Waals surface area contributed by atoms with Gasteiger partial charge in [0, 0.05) is 0 Å². The number of nitrogens with one attached hydrogen (secondary N) is 2. The van der Waals surface area contributed by atoms with E-state index in [1.165, 1.54) is 7.11 Å². The largest absolute Gasteiger partial charge is 0.492 e. The Balaban J connectivity index is 2.07. The molecule has 0 aliphatic heterocycles. The van der Waals surface area contributed by atoms with Crippen molar-refractivity contribution in [2.45, 2.75) is 0 Å². The Labute approximate surface area is 105 Å². The first-order valence-corrected chi connectivity index (χ1v) is 5.48. The summed E-state index contributed by atoms with van der Waals surface area (Å²) in [6.07, 6.45) is 0. The lowest BCUT2D eigenvalue weighted by Gasteiger charge is -2.08. The summed E-state index contributed by atoms with van der Waals surface area (Å²) >= 11 is 0. The molecule has 0 aliphatic rings. The average molecular weight is 252 g/mol. The molecule has 0 atom stereocenters. The van der Waals surface area contributed by atoms with Crippen LogP contribution in [0, 0.1) is 0 Å². The molecular formula is C12H16N2O4. The van der Waals surface area contributed by atoms with Crippen molar-refractivity contribution in [2.24, 2.45) is 0 Å². The van der Waals surface area contributed by atoms with Crippen molar-refractivity contribution < 1.29 is 19.1 Å². The maximum Gasteiger partial charge on any atom is 0.325 e. The van der Waals surface area contributed by atoms with Crippen molar-refractivity contribution >= 4 is 12.0 Å².